The zero-order valence-electron chi connectivity index (χ0n) is 24.1. The maximum absolute atomic E-state index is 14.1. The molecule has 5 rings (SSSR count). The Bertz CT molecular complexity index is 1520. The minimum absolute atomic E-state index is 0.0183. The highest BCUT2D eigenvalue weighted by Crippen LogP contribution is 2.57. The van der Waals surface area contributed by atoms with Crippen molar-refractivity contribution in [1.29, 1.82) is 0 Å². The molecule has 2 saturated carbocycles. The summed E-state index contributed by atoms with van der Waals surface area (Å²) in [6, 6.07) is 9.96. The second-order valence-electron chi connectivity index (χ2n) is 13.4. The van der Waals surface area contributed by atoms with E-state index >= 15 is 0 Å². The number of aliphatic hydroxyl groups is 1. The lowest BCUT2D eigenvalue weighted by molar-refractivity contribution is -0.185. The molecule has 3 unspecified atom stereocenters. The molecule has 0 aromatic heterocycles. The number of hydrogen-bond acceptors (Lipinski definition) is 8. The van der Waals surface area contributed by atoms with Gasteiger partial charge in [-0.25, -0.2) is 0 Å². The number of hydrogen-bond donors (Lipinski definition) is 3. The summed E-state index contributed by atoms with van der Waals surface area (Å²) in [5.41, 5.74) is 4.74. The molecular weight excluding hydrogens is 524 g/mol. The van der Waals surface area contributed by atoms with E-state index in [0.717, 1.165) is 16.7 Å². The summed E-state index contributed by atoms with van der Waals surface area (Å²) in [5.74, 6) is -10.00. The predicted molar refractivity (Wildman–Crippen MR) is 150 cm³/mol. The molecule has 3 aliphatic rings. The molecule has 3 aliphatic carbocycles. The van der Waals surface area contributed by atoms with Gasteiger partial charge in [0.2, 0.25) is 5.91 Å². The summed E-state index contributed by atoms with van der Waals surface area (Å²) in [4.78, 5) is 68.7. The number of Topliss-reactive ketones (excluding diaryl/α,β-unsaturated/α-hetero) is 4. The quantitative estimate of drug-likeness (QED) is 0.483. The van der Waals surface area contributed by atoms with Crippen molar-refractivity contribution in [2.75, 3.05) is 14.1 Å². The Morgan fingerprint density at radius 2 is 1.61 bits per heavy atom. The zero-order valence-corrected chi connectivity index (χ0v) is 24.1. The van der Waals surface area contributed by atoms with Crippen LogP contribution in [0.15, 0.2) is 36.4 Å². The Labute approximate surface area is 238 Å². The SMILES string of the molecule is CN(C)C1C(=O)C(C(N)=O)C(=O)[C@@]2(O)C(=O)C3C(=O)c4c(O)ccc(-c5ccc(C(C)(C)C)cc5)c4C[C@@]3(C)C[C@@H]12. The lowest BCUT2D eigenvalue weighted by atomic mass is 9.47. The largest absolute Gasteiger partial charge is 0.507 e. The molecule has 0 bridgehead atoms. The third-order valence-electron chi connectivity index (χ3n) is 9.44. The van der Waals surface area contributed by atoms with Gasteiger partial charge in [-0.1, -0.05) is 58.0 Å². The molecule has 6 atom stereocenters. The smallest absolute Gasteiger partial charge is 0.235 e. The Morgan fingerprint density at radius 3 is 2.15 bits per heavy atom. The van der Waals surface area contributed by atoms with E-state index in [1.807, 2.05) is 24.3 Å². The third-order valence-corrected chi connectivity index (χ3v) is 9.44. The zero-order chi connectivity index (χ0) is 30.4. The molecular formula is C32H36N2O7. The molecule has 0 saturated heterocycles. The molecule has 0 radical (unpaired) electrons. The lowest BCUT2D eigenvalue weighted by Gasteiger charge is -2.56. The van der Waals surface area contributed by atoms with Crippen molar-refractivity contribution in [3.63, 3.8) is 0 Å². The van der Waals surface area contributed by atoms with E-state index in [4.69, 9.17) is 5.73 Å². The van der Waals surface area contributed by atoms with Crippen LogP contribution >= 0.6 is 0 Å². The van der Waals surface area contributed by atoms with Gasteiger partial charge in [-0.2, -0.15) is 0 Å². The molecule has 0 aliphatic heterocycles. The van der Waals surface area contributed by atoms with Crippen molar-refractivity contribution in [3.05, 3.63) is 53.1 Å². The fourth-order valence-electron chi connectivity index (χ4n) is 7.41. The van der Waals surface area contributed by atoms with Crippen LogP contribution in [0.4, 0.5) is 0 Å². The van der Waals surface area contributed by atoms with Gasteiger partial charge in [0.1, 0.15) is 5.75 Å². The number of ketones is 4. The van der Waals surface area contributed by atoms with Gasteiger partial charge in [0.05, 0.1) is 17.5 Å². The van der Waals surface area contributed by atoms with Crippen molar-refractivity contribution in [2.45, 2.75) is 57.6 Å². The van der Waals surface area contributed by atoms with Gasteiger partial charge in [0, 0.05) is 5.92 Å². The van der Waals surface area contributed by atoms with Crippen LogP contribution in [0.1, 0.15) is 55.6 Å². The Hall–Kier alpha value is -3.69. The molecule has 4 N–H and O–H groups in total. The second kappa shape index (κ2) is 9.16. The van der Waals surface area contributed by atoms with Gasteiger partial charge < -0.3 is 15.9 Å². The molecule has 0 spiro atoms. The lowest BCUT2D eigenvalue weighted by Crippen LogP contribution is -2.75. The van der Waals surface area contributed by atoms with E-state index < -0.39 is 63.9 Å². The summed E-state index contributed by atoms with van der Waals surface area (Å²) >= 11 is 0. The number of amides is 1. The van der Waals surface area contributed by atoms with E-state index in [-0.39, 0.29) is 29.6 Å². The first kappa shape index (κ1) is 28.8. The van der Waals surface area contributed by atoms with Gasteiger partial charge in [-0.05, 0) is 66.1 Å². The summed E-state index contributed by atoms with van der Waals surface area (Å²) < 4.78 is 0. The van der Waals surface area contributed by atoms with E-state index in [0.29, 0.717) is 5.56 Å². The number of nitrogens with two attached hydrogens (primary N) is 1. The number of likely N-dealkylation sites (N-methyl/N-ethyl adjacent to an activating group) is 1. The van der Waals surface area contributed by atoms with Crippen molar-refractivity contribution in [2.24, 2.45) is 28.9 Å². The van der Waals surface area contributed by atoms with Crippen LogP contribution in [0.3, 0.4) is 0 Å². The number of nitrogens with zero attached hydrogens (tertiary/aromatic N) is 1. The number of aromatic hydroxyl groups is 1. The van der Waals surface area contributed by atoms with Gasteiger partial charge in [-0.15, -0.1) is 0 Å². The monoisotopic (exact) mass is 560 g/mol. The van der Waals surface area contributed by atoms with Crippen LogP contribution in [-0.2, 0) is 31.0 Å². The fourth-order valence-corrected chi connectivity index (χ4v) is 7.41. The molecule has 2 fully saturated rings. The van der Waals surface area contributed by atoms with Crippen molar-refractivity contribution in [3.8, 4) is 16.9 Å². The summed E-state index contributed by atoms with van der Waals surface area (Å²) in [6.07, 6.45) is 0.165. The van der Waals surface area contributed by atoms with Crippen LogP contribution in [0.2, 0.25) is 0 Å². The molecule has 9 nitrogen and oxygen atoms in total. The van der Waals surface area contributed by atoms with E-state index in [1.165, 1.54) is 11.0 Å². The van der Waals surface area contributed by atoms with Gasteiger partial charge >= 0.3 is 0 Å². The first-order chi connectivity index (χ1) is 18.9. The minimum Gasteiger partial charge on any atom is -0.507 e. The van der Waals surface area contributed by atoms with Crippen molar-refractivity contribution in [1.82, 2.24) is 4.90 Å². The summed E-state index contributed by atoms with van der Waals surface area (Å²) in [6.45, 7) is 8.07. The minimum atomic E-state index is -2.75. The Balaban J connectivity index is 1.67. The molecule has 0 heterocycles. The highest BCUT2D eigenvalue weighted by Gasteiger charge is 2.71. The standard InChI is InChI=1S/C32H36N2O7/c1-30(2,3)16-9-7-15(8-10-16)17-11-12-20(35)21-18(17)13-31(4)14-19-24(34(5)6)26(37)22(29(33)40)27(38)32(19,41)28(39)23(31)25(21)36/h7-12,19,22-24,35,41H,13-14H2,1-6H3,(H2,33,40)/t19-,22?,23?,24?,31-,32+/m0/s1. The molecule has 1 amide bonds. The normalized spacial score (nSPS) is 31.5. The Morgan fingerprint density at radius 1 is 1.00 bits per heavy atom. The number of carbonyl (C=O) groups is 5. The number of carbonyl (C=O) groups excluding carboxylic acids is 5. The number of rotatable bonds is 3. The molecule has 41 heavy (non-hydrogen) atoms. The highest BCUT2D eigenvalue weighted by atomic mass is 16.3. The topological polar surface area (TPSA) is 155 Å². The van der Waals surface area contributed by atoms with Gasteiger partial charge in [-0.3, -0.25) is 28.9 Å². The van der Waals surface area contributed by atoms with Gasteiger partial charge in [0.15, 0.2) is 34.7 Å². The van der Waals surface area contributed by atoms with Crippen LogP contribution in [0.25, 0.3) is 11.1 Å². The molecule has 216 valence electrons. The van der Waals surface area contributed by atoms with Crippen LogP contribution in [-0.4, -0.2) is 69.9 Å². The number of primary amides is 1. The average Bonchev–Trinajstić information content (AvgIpc) is 2.85. The maximum atomic E-state index is 14.1. The summed E-state index contributed by atoms with van der Waals surface area (Å²) in [7, 11) is 3.13. The van der Waals surface area contributed by atoms with E-state index in [9.17, 15) is 34.2 Å². The fraction of sp³-hybridized carbons (Fsp3) is 0.469. The maximum Gasteiger partial charge on any atom is 0.235 e. The molecule has 9 heteroatoms. The van der Waals surface area contributed by atoms with Crippen molar-refractivity contribution >= 4 is 29.0 Å². The van der Waals surface area contributed by atoms with Crippen LogP contribution in [0, 0.1) is 23.2 Å². The number of fused-ring (bicyclic) bond motifs is 3. The first-order valence-corrected chi connectivity index (χ1v) is 13.8. The predicted octanol–water partition coefficient (Wildman–Crippen LogP) is 2.22. The second-order valence-corrected chi connectivity index (χ2v) is 13.4. The van der Waals surface area contributed by atoms with E-state index in [1.54, 1.807) is 27.1 Å². The number of phenolic OH excluding ortho intramolecular Hbond substituents is 1. The number of phenols is 1. The van der Waals surface area contributed by atoms with Crippen LogP contribution < -0.4 is 5.73 Å². The first-order valence-electron chi connectivity index (χ1n) is 13.8. The van der Waals surface area contributed by atoms with E-state index in [2.05, 4.69) is 20.8 Å². The molecule has 2 aromatic carbocycles. The molecule has 2 aromatic rings. The summed E-state index contributed by atoms with van der Waals surface area (Å²) in [5, 5.41) is 22.6. The average molecular weight is 561 g/mol. The van der Waals surface area contributed by atoms with Crippen molar-refractivity contribution < 1.29 is 34.2 Å². The highest BCUT2D eigenvalue weighted by molar-refractivity contribution is 6.32. The Kier molecular flexibility index (Phi) is 6.44. The van der Waals surface area contributed by atoms with Crippen LogP contribution in [0.5, 0.6) is 5.75 Å². The van der Waals surface area contributed by atoms with Gasteiger partial charge in [0.25, 0.3) is 0 Å². The number of benzene rings is 2. The third kappa shape index (κ3) is 4.00.